The maximum atomic E-state index is 14.4. The summed E-state index contributed by atoms with van der Waals surface area (Å²) in [5, 5.41) is 3.84. The number of esters is 4. The van der Waals surface area contributed by atoms with E-state index < -0.39 is 66.2 Å². The summed E-state index contributed by atoms with van der Waals surface area (Å²) in [5.41, 5.74) is 1.45. The molecule has 64 heavy (non-hydrogen) atoms. The van der Waals surface area contributed by atoms with Gasteiger partial charge in [-0.05, 0) is 79.2 Å². The molecule has 0 bridgehead atoms. The van der Waals surface area contributed by atoms with E-state index in [1.165, 1.54) is 0 Å². The van der Waals surface area contributed by atoms with Gasteiger partial charge in [0.05, 0.1) is 39.0 Å². The molecule has 1 fully saturated rings. The molecule has 1 amide bonds. The van der Waals surface area contributed by atoms with Crippen molar-refractivity contribution in [3.8, 4) is 0 Å². The Morgan fingerprint density at radius 3 is 1.64 bits per heavy atom. The number of rotatable bonds is 13. The fourth-order valence-electron chi connectivity index (χ4n) is 7.17. The number of aryl methyl sites for hydroxylation is 1. The van der Waals surface area contributed by atoms with Crippen molar-refractivity contribution in [3.63, 3.8) is 0 Å². The van der Waals surface area contributed by atoms with Gasteiger partial charge < -0.3 is 29.0 Å². The fraction of sp³-hybridized carbons (Fsp3) is 0.137. The molecule has 1 aliphatic rings. The molecular formula is C51H40N2O10S. The number of anilines is 1. The average molecular weight is 873 g/mol. The summed E-state index contributed by atoms with van der Waals surface area (Å²) in [6.07, 6.45) is -4.26. The maximum absolute atomic E-state index is 14.4. The van der Waals surface area contributed by atoms with Crippen LogP contribution >= 0.6 is 11.8 Å². The molecule has 320 valence electrons. The van der Waals surface area contributed by atoms with Crippen molar-refractivity contribution in [2.75, 3.05) is 11.9 Å². The van der Waals surface area contributed by atoms with Gasteiger partial charge in [-0.25, -0.2) is 19.2 Å². The van der Waals surface area contributed by atoms with Crippen LogP contribution in [0, 0.1) is 6.92 Å². The summed E-state index contributed by atoms with van der Waals surface area (Å²) in [6.45, 7) is 1.29. The quantitative estimate of drug-likeness (QED) is 0.0867. The molecule has 1 saturated heterocycles. The monoisotopic (exact) mass is 872 g/mol. The van der Waals surface area contributed by atoms with Crippen molar-refractivity contribution in [1.82, 2.24) is 4.98 Å². The van der Waals surface area contributed by atoms with Crippen molar-refractivity contribution in [2.45, 2.75) is 41.7 Å². The first-order chi connectivity index (χ1) is 31.2. The van der Waals surface area contributed by atoms with Crippen LogP contribution in [-0.2, 0) is 23.7 Å². The maximum Gasteiger partial charge on any atom is 0.338 e. The standard InChI is InChI=1S/C51H40N2O10S/c1-32-17-14-29-40(41(32)46(54)53-38-28-15-26-33-27-16-30-52-42(33)38)64-51-45(63-50(58)37-24-12-5-13-25-37)44(62-49(57)36-22-10-4-11-23-36)43(61-48(56)35-20-8-3-9-21-35)39(60-51)31-59-47(55)34-18-6-2-7-19-34/h2-30,39,43-45,51H,31H2,1H3,(H,53,54)/t39-,43-,44+,45-,51+/m1/s1. The molecule has 1 N–H and O–H groups in total. The number of fused-ring (bicyclic) bond motifs is 1. The number of carbonyl (C=O) groups is 5. The highest BCUT2D eigenvalue weighted by Gasteiger charge is 2.53. The van der Waals surface area contributed by atoms with Crippen molar-refractivity contribution < 1.29 is 47.7 Å². The second kappa shape index (κ2) is 20.1. The Hall–Kier alpha value is -7.61. The van der Waals surface area contributed by atoms with Crippen LogP contribution in [0.25, 0.3) is 10.9 Å². The minimum atomic E-state index is -1.57. The van der Waals surface area contributed by atoms with Crippen LogP contribution in [0.3, 0.4) is 0 Å². The van der Waals surface area contributed by atoms with Gasteiger partial charge >= 0.3 is 23.9 Å². The van der Waals surface area contributed by atoms with Crippen LogP contribution in [0.5, 0.6) is 0 Å². The van der Waals surface area contributed by atoms with Gasteiger partial charge in [0, 0.05) is 16.5 Å². The van der Waals surface area contributed by atoms with Gasteiger partial charge in [0.1, 0.15) is 18.1 Å². The summed E-state index contributed by atoms with van der Waals surface area (Å²) < 4.78 is 31.3. The van der Waals surface area contributed by atoms with E-state index in [4.69, 9.17) is 23.7 Å². The van der Waals surface area contributed by atoms with Gasteiger partial charge in [-0.15, -0.1) is 0 Å². The van der Waals surface area contributed by atoms with E-state index in [1.807, 2.05) is 24.3 Å². The molecule has 12 nitrogen and oxygen atoms in total. The zero-order chi connectivity index (χ0) is 44.4. The van der Waals surface area contributed by atoms with Crippen molar-refractivity contribution >= 4 is 58.1 Å². The summed E-state index contributed by atoms with van der Waals surface area (Å²) in [7, 11) is 0. The number of thioether (sulfide) groups is 1. The molecule has 1 aliphatic heterocycles. The molecule has 0 spiro atoms. The lowest BCUT2D eigenvalue weighted by molar-refractivity contribution is -0.207. The third-order valence-corrected chi connectivity index (χ3v) is 11.5. The molecule has 0 saturated carbocycles. The van der Waals surface area contributed by atoms with E-state index in [0.717, 1.165) is 17.1 Å². The van der Waals surface area contributed by atoms with E-state index >= 15 is 0 Å². The van der Waals surface area contributed by atoms with E-state index in [2.05, 4.69) is 10.3 Å². The molecule has 0 unspecified atom stereocenters. The number of benzene rings is 6. The average Bonchev–Trinajstić information content (AvgIpc) is 3.33. The minimum absolute atomic E-state index is 0.159. The van der Waals surface area contributed by atoms with E-state index in [-0.39, 0.29) is 27.8 Å². The van der Waals surface area contributed by atoms with Gasteiger partial charge in [0.15, 0.2) is 18.3 Å². The van der Waals surface area contributed by atoms with Gasteiger partial charge in [-0.1, -0.05) is 115 Å². The smallest absolute Gasteiger partial charge is 0.338 e. The summed E-state index contributed by atoms with van der Waals surface area (Å²) >= 11 is 1.02. The predicted octanol–water partition coefficient (Wildman–Crippen LogP) is 9.15. The topological polar surface area (TPSA) is 156 Å². The van der Waals surface area contributed by atoms with Crippen LogP contribution in [0.2, 0.25) is 0 Å². The zero-order valence-corrected chi connectivity index (χ0v) is 35.1. The molecule has 8 rings (SSSR count). The Kier molecular flexibility index (Phi) is 13.5. The number of nitrogens with one attached hydrogen (secondary N) is 1. The normalized spacial score (nSPS) is 18.0. The Bertz CT molecular complexity index is 2770. The number of hydrogen-bond acceptors (Lipinski definition) is 12. The van der Waals surface area contributed by atoms with Crippen molar-refractivity contribution in [3.05, 3.63) is 209 Å². The van der Waals surface area contributed by atoms with E-state index in [9.17, 15) is 24.0 Å². The second-order valence-electron chi connectivity index (χ2n) is 14.6. The highest BCUT2D eigenvalue weighted by Crippen LogP contribution is 2.40. The Balaban J connectivity index is 1.22. The first-order valence-electron chi connectivity index (χ1n) is 20.3. The Labute approximate surface area is 372 Å². The predicted molar refractivity (Wildman–Crippen MR) is 239 cm³/mol. The number of amides is 1. The Morgan fingerprint density at radius 1 is 0.562 bits per heavy atom. The number of para-hydroxylation sites is 1. The number of hydrogen-bond donors (Lipinski definition) is 1. The minimum Gasteiger partial charge on any atom is -0.459 e. The summed E-state index contributed by atoms with van der Waals surface area (Å²) in [5.74, 6) is -3.58. The van der Waals surface area contributed by atoms with Gasteiger partial charge in [0.25, 0.3) is 5.91 Å². The third kappa shape index (κ3) is 10.0. The molecule has 6 aromatic carbocycles. The van der Waals surface area contributed by atoms with Crippen LogP contribution < -0.4 is 5.32 Å². The number of aromatic nitrogens is 1. The zero-order valence-electron chi connectivity index (χ0n) is 34.3. The largest absolute Gasteiger partial charge is 0.459 e. The van der Waals surface area contributed by atoms with E-state index in [1.54, 1.807) is 159 Å². The van der Waals surface area contributed by atoms with Crippen molar-refractivity contribution in [1.29, 1.82) is 0 Å². The molecular weight excluding hydrogens is 833 g/mol. The highest BCUT2D eigenvalue weighted by atomic mass is 32.2. The molecule has 5 atom stereocenters. The number of carbonyl (C=O) groups excluding carboxylic acids is 5. The lowest BCUT2D eigenvalue weighted by atomic mass is 9.98. The van der Waals surface area contributed by atoms with Gasteiger partial charge in [-0.3, -0.25) is 9.78 Å². The highest BCUT2D eigenvalue weighted by molar-refractivity contribution is 8.00. The molecule has 0 radical (unpaired) electrons. The molecule has 1 aromatic heterocycles. The number of pyridine rings is 1. The molecule has 2 heterocycles. The van der Waals surface area contributed by atoms with Crippen LogP contribution in [-0.4, -0.2) is 71.2 Å². The SMILES string of the molecule is Cc1cccc(S[C@@H]2O[C@H](COC(=O)c3ccccc3)[C@@H](OC(=O)c3ccccc3)[C@H](OC(=O)c3ccccc3)[C@H]2OC(=O)c2ccccc2)c1C(=O)Nc1cccc2cccnc12. The molecule has 0 aliphatic carbocycles. The van der Waals surface area contributed by atoms with Gasteiger partial charge in [0.2, 0.25) is 0 Å². The van der Waals surface area contributed by atoms with Crippen LogP contribution in [0.15, 0.2) is 181 Å². The van der Waals surface area contributed by atoms with Crippen molar-refractivity contribution in [2.24, 2.45) is 0 Å². The lowest BCUT2D eigenvalue weighted by Crippen LogP contribution is -2.61. The van der Waals surface area contributed by atoms with Crippen LogP contribution in [0.1, 0.15) is 57.4 Å². The number of ether oxygens (including phenoxy) is 5. The third-order valence-electron chi connectivity index (χ3n) is 10.3. The van der Waals surface area contributed by atoms with E-state index in [0.29, 0.717) is 21.7 Å². The van der Waals surface area contributed by atoms with Gasteiger partial charge in [-0.2, -0.15) is 0 Å². The first-order valence-corrected chi connectivity index (χ1v) is 21.2. The second-order valence-corrected chi connectivity index (χ2v) is 15.8. The van der Waals surface area contributed by atoms with Crippen LogP contribution in [0.4, 0.5) is 5.69 Å². The molecule has 13 heteroatoms. The fourth-order valence-corrected chi connectivity index (χ4v) is 8.49. The summed E-state index contributed by atoms with van der Waals surface area (Å²) in [4.78, 5) is 74.8. The lowest BCUT2D eigenvalue weighted by Gasteiger charge is -2.44. The molecule has 7 aromatic rings. The number of nitrogens with zero attached hydrogens (tertiary/aromatic N) is 1. The Morgan fingerprint density at radius 2 is 1.06 bits per heavy atom. The first kappa shape index (κ1) is 43.1. The summed E-state index contributed by atoms with van der Waals surface area (Å²) in [6, 6.07) is 47.2.